The van der Waals surface area contributed by atoms with Gasteiger partial charge < -0.3 is 20.3 Å². The molecule has 1 heterocycles. The molecule has 1 atom stereocenters. The summed E-state index contributed by atoms with van der Waals surface area (Å²) in [5, 5.41) is 6.89. The molecule has 1 aromatic rings. The zero-order valence-corrected chi connectivity index (χ0v) is 18.6. The van der Waals surface area contributed by atoms with Crippen LogP contribution in [0.25, 0.3) is 0 Å². The van der Waals surface area contributed by atoms with Crippen molar-refractivity contribution in [2.24, 2.45) is 4.99 Å². The molecule has 0 amide bonds. The lowest BCUT2D eigenvalue weighted by Gasteiger charge is -2.18. The van der Waals surface area contributed by atoms with Gasteiger partial charge in [-0.25, -0.2) is 4.99 Å². The first kappa shape index (κ1) is 23.2. The minimum atomic E-state index is 0. The van der Waals surface area contributed by atoms with Crippen LogP contribution in [0, 0.1) is 0 Å². The third-order valence-corrected chi connectivity index (χ3v) is 4.45. The van der Waals surface area contributed by atoms with Gasteiger partial charge in [0.2, 0.25) is 0 Å². The van der Waals surface area contributed by atoms with Crippen molar-refractivity contribution >= 4 is 29.9 Å². The number of ether oxygens (including phenoxy) is 1. The van der Waals surface area contributed by atoms with Crippen molar-refractivity contribution in [2.75, 3.05) is 39.9 Å². The third-order valence-electron chi connectivity index (χ3n) is 4.45. The number of nitrogens with zero attached hydrogens (tertiary/aromatic N) is 2. The Bertz CT molecular complexity index is 492. The maximum Gasteiger partial charge on any atom is 0.191 e. The second kappa shape index (κ2) is 14.2. The predicted octanol–water partition coefficient (Wildman–Crippen LogP) is 3.25. The molecule has 26 heavy (non-hydrogen) atoms. The Kier molecular flexibility index (Phi) is 12.7. The summed E-state index contributed by atoms with van der Waals surface area (Å²) >= 11 is 0. The maximum absolute atomic E-state index is 5.22. The number of methoxy groups -OCH3 is 1. The van der Waals surface area contributed by atoms with Crippen LogP contribution in [-0.4, -0.2) is 56.8 Å². The van der Waals surface area contributed by atoms with E-state index in [1.807, 2.05) is 6.07 Å². The number of unbranched alkanes of at least 4 members (excludes halogenated alkanes) is 1. The Morgan fingerprint density at radius 1 is 1.19 bits per heavy atom. The van der Waals surface area contributed by atoms with Crippen molar-refractivity contribution in [1.82, 2.24) is 15.5 Å². The van der Waals surface area contributed by atoms with E-state index in [2.05, 4.69) is 46.7 Å². The number of hydrogen-bond donors (Lipinski definition) is 2. The van der Waals surface area contributed by atoms with E-state index in [1.54, 1.807) is 7.11 Å². The summed E-state index contributed by atoms with van der Waals surface area (Å²) < 4.78 is 5.22. The molecule has 2 rings (SSSR count). The van der Waals surface area contributed by atoms with Gasteiger partial charge in [-0.1, -0.05) is 30.3 Å². The van der Waals surface area contributed by atoms with E-state index in [-0.39, 0.29) is 30.0 Å². The monoisotopic (exact) mass is 474 g/mol. The average Bonchev–Trinajstić information content (AvgIpc) is 3.13. The van der Waals surface area contributed by atoms with Crippen molar-refractivity contribution in [3.05, 3.63) is 35.9 Å². The molecule has 1 aliphatic rings. The first-order valence-electron chi connectivity index (χ1n) is 9.58. The van der Waals surface area contributed by atoms with Crippen LogP contribution in [0.15, 0.2) is 35.3 Å². The highest BCUT2D eigenvalue weighted by Crippen LogP contribution is 2.08. The fraction of sp³-hybridized carbons (Fsp3) is 0.650. The Labute approximate surface area is 176 Å². The minimum Gasteiger partial charge on any atom is -0.383 e. The molecular formula is C20H35IN4O. The van der Waals surface area contributed by atoms with Gasteiger partial charge in [0.15, 0.2) is 5.96 Å². The van der Waals surface area contributed by atoms with Crippen LogP contribution in [-0.2, 0) is 11.3 Å². The summed E-state index contributed by atoms with van der Waals surface area (Å²) in [7, 11) is 1.73. The summed E-state index contributed by atoms with van der Waals surface area (Å²) in [6, 6.07) is 10.6. The number of aliphatic imine (C=N–C) groups is 1. The van der Waals surface area contributed by atoms with Crippen LogP contribution in [0.1, 0.15) is 38.2 Å². The van der Waals surface area contributed by atoms with Gasteiger partial charge in [0.25, 0.3) is 0 Å². The Hall–Kier alpha value is -0.860. The van der Waals surface area contributed by atoms with Gasteiger partial charge in [-0.05, 0) is 57.8 Å². The SMILES string of the molecule is COCC(C)NC(=NCc1ccccc1)NCCCCN1CCCC1.I. The molecule has 2 N–H and O–H groups in total. The van der Waals surface area contributed by atoms with Crippen LogP contribution in [0.5, 0.6) is 0 Å². The van der Waals surface area contributed by atoms with Crippen molar-refractivity contribution in [3.63, 3.8) is 0 Å². The fourth-order valence-corrected chi connectivity index (χ4v) is 3.10. The van der Waals surface area contributed by atoms with E-state index in [0.717, 1.165) is 12.5 Å². The number of benzene rings is 1. The topological polar surface area (TPSA) is 48.9 Å². The van der Waals surface area contributed by atoms with Crippen molar-refractivity contribution < 1.29 is 4.74 Å². The number of halogens is 1. The van der Waals surface area contributed by atoms with Crippen molar-refractivity contribution in [1.29, 1.82) is 0 Å². The lowest BCUT2D eigenvalue weighted by molar-refractivity contribution is 0.179. The van der Waals surface area contributed by atoms with Gasteiger partial charge in [-0.15, -0.1) is 24.0 Å². The van der Waals surface area contributed by atoms with E-state index in [9.17, 15) is 0 Å². The summed E-state index contributed by atoms with van der Waals surface area (Å²) in [6.45, 7) is 8.21. The number of rotatable bonds is 10. The van der Waals surface area contributed by atoms with Crippen molar-refractivity contribution in [2.45, 2.75) is 45.2 Å². The van der Waals surface area contributed by atoms with Crippen molar-refractivity contribution in [3.8, 4) is 0 Å². The van der Waals surface area contributed by atoms with E-state index in [0.29, 0.717) is 13.2 Å². The van der Waals surface area contributed by atoms with Crippen LogP contribution < -0.4 is 10.6 Å². The second-order valence-electron chi connectivity index (χ2n) is 6.83. The Balaban J connectivity index is 0.00000338. The highest BCUT2D eigenvalue weighted by Gasteiger charge is 2.10. The normalized spacial score (nSPS) is 16.2. The van der Waals surface area contributed by atoms with Crippen LogP contribution in [0.2, 0.25) is 0 Å². The molecule has 5 nitrogen and oxygen atoms in total. The average molecular weight is 474 g/mol. The fourth-order valence-electron chi connectivity index (χ4n) is 3.10. The summed E-state index contributed by atoms with van der Waals surface area (Å²) in [4.78, 5) is 7.29. The van der Waals surface area contributed by atoms with Gasteiger partial charge >= 0.3 is 0 Å². The Morgan fingerprint density at radius 2 is 1.92 bits per heavy atom. The first-order valence-corrected chi connectivity index (χ1v) is 9.58. The first-order chi connectivity index (χ1) is 12.3. The summed E-state index contributed by atoms with van der Waals surface area (Å²) in [5.41, 5.74) is 1.22. The molecule has 1 fully saturated rings. The molecule has 0 saturated carbocycles. The number of guanidine groups is 1. The van der Waals surface area contributed by atoms with Gasteiger partial charge in [-0.3, -0.25) is 0 Å². The molecular weight excluding hydrogens is 439 g/mol. The predicted molar refractivity (Wildman–Crippen MR) is 120 cm³/mol. The van der Waals surface area contributed by atoms with Gasteiger partial charge in [0, 0.05) is 19.7 Å². The smallest absolute Gasteiger partial charge is 0.191 e. The molecule has 1 aliphatic heterocycles. The van der Waals surface area contributed by atoms with Gasteiger partial charge in [-0.2, -0.15) is 0 Å². The standard InChI is InChI=1S/C20H34N4O.HI/c1-18(17-25-2)23-20(22-16-19-10-4-3-5-11-19)21-12-6-7-13-24-14-8-9-15-24;/h3-5,10-11,18H,6-9,12-17H2,1-2H3,(H2,21,22,23);1H. The molecule has 1 unspecified atom stereocenters. The number of hydrogen-bond acceptors (Lipinski definition) is 3. The zero-order chi connectivity index (χ0) is 17.7. The minimum absolute atomic E-state index is 0. The van der Waals surface area contributed by atoms with E-state index in [1.165, 1.54) is 50.9 Å². The highest BCUT2D eigenvalue weighted by atomic mass is 127. The molecule has 0 radical (unpaired) electrons. The molecule has 0 aromatic heterocycles. The quantitative estimate of drug-likeness (QED) is 0.237. The molecule has 148 valence electrons. The van der Waals surface area contributed by atoms with E-state index < -0.39 is 0 Å². The summed E-state index contributed by atoms with van der Waals surface area (Å²) in [5.74, 6) is 0.870. The number of nitrogens with one attached hydrogen (secondary N) is 2. The molecule has 0 bridgehead atoms. The lowest BCUT2D eigenvalue weighted by Crippen LogP contribution is -2.44. The zero-order valence-electron chi connectivity index (χ0n) is 16.2. The third kappa shape index (κ3) is 9.73. The number of likely N-dealkylation sites (tertiary alicyclic amines) is 1. The largest absolute Gasteiger partial charge is 0.383 e. The van der Waals surface area contributed by atoms with E-state index in [4.69, 9.17) is 9.73 Å². The lowest BCUT2D eigenvalue weighted by atomic mass is 10.2. The molecule has 1 saturated heterocycles. The van der Waals surface area contributed by atoms with Gasteiger partial charge in [0.1, 0.15) is 0 Å². The summed E-state index contributed by atoms with van der Waals surface area (Å²) in [6.07, 6.45) is 5.15. The van der Waals surface area contributed by atoms with Crippen LogP contribution in [0.4, 0.5) is 0 Å². The van der Waals surface area contributed by atoms with Crippen LogP contribution >= 0.6 is 24.0 Å². The second-order valence-corrected chi connectivity index (χ2v) is 6.83. The van der Waals surface area contributed by atoms with Crippen LogP contribution in [0.3, 0.4) is 0 Å². The van der Waals surface area contributed by atoms with E-state index >= 15 is 0 Å². The molecule has 1 aromatic carbocycles. The molecule has 0 spiro atoms. The highest BCUT2D eigenvalue weighted by molar-refractivity contribution is 14.0. The maximum atomic E-state index is 5.22. The molecule has 6 heteroatoms. The van der Waals surface area contributed by atoms with Gasteiger partial charge in [0.05, 0.1) is 13.2 Å². The molecule has 0 aliphatic carbocycles. The Morgan fingerprint density at radius 3 is 2.62 bits per heavy atom.